The summed E-state index contributed by atoms with van der Waals surface area (Å²) in [5.41, 5.74) is 4.57. The third kappa shape index (κ3) is 5.03. The number of hydrogen-bond donors (Lipinski definition) is 2. The predicted molar refractivity (Wildman–Crippen MR) is 120 cm³/mol. The molecule has 3 aromatic carbocycles. The number of ether oxygens (including phenoxy) is 1. The second-order valence-corrected chi connectivity index (χ2v) is 7.89. The summed E-state index contributed by atoms with van der Waals surface area (Å²) >= 11 is 0. The Morgan fingerprint density at radius 1 is 0.906 bits per heavy atom. The van der Waals surface area contributed by atoms with Gasteiger partial charge in [-0.25, -0.2) is 4.79 Å². The lowest BCUT2D eigenvalue weighted by molar-refractivity contribution is -0.139. The fourth-order valence-corrected chi connectivity index (χ4v) is 3.39. The molecule has 0 radical (unpaired) electrons. The molecule has 0 aliphatic heterocycles. The zero-order valence-electron chi connectivity index (χ0n) is 17.6. The zero-order chi connectivity index (χ0) is 22.7. The summed E-state index contributed by atoms with van der Waals surface area (Å²) in [5, 5.41) is 11.7. The molecule has 2 N–H and O–H groups in total. The Bertz CT molecular complexity index is 1160. The normalized spacial score (nSPS) is 12.8. The van der Waals surface area contributed by atoms with Crippen molar-refractivity contribution in [2.45, 2.75) is 25.8 Å². The first-order chi connectivity index (χ1) is 15.4. The van der Waals surface area contributed by atoms with Crippen LogP contribution in [-0.2, 0) is 4.79 Å². The minimum Gasteiger partial charge on any atom is -0.482 e. The van der Waals surface area contributed by atoms with E-state index in [2.05, 4.69) is 5.32 Å². The van der Waals surface area contributed by atoms with Crippen LogP contribution in [0.4, 0.5) is 0 Å². The third-order valence-corrected chi connectivity index (χ3v) is 5.35. The highest BCUT2D eigenvalue weighted by molar-refractivity contribution is 6.09. The monoisotopic (exact) mass is 429 g/mol. The van der Waals surface area contributed by atoms with E-state index in [1.54, 1.807) is 36.4 Å². The molecule has 0 saturated heterocycles. The smallest absolute Gasteiger partial charge is 0.341 e. The van der Waals surface area contributed by atoms with Crippen molar-refractivity contribution in [3.8, 4) is 16.9 Å². The highest BCUT2D eigenvalue weighted by Gasteiger charge is 2.24. The molecule has 6 nitrogen and oxygen atoms in total. The van der Waals surface area contributed by atoms with Gasteiger partial charge in [0, 0.05) is 22.7 Å². The van der Waals surface area contributed by atoms with Gasteiger partial charge in [-0.2, -0.15) is 0 Å². The number of hydrogen-bond acceptors (Lipinski definition) is 4. The number of benzene rings is 3. The summed E-state index contributed by atoms with van der Waals surface area (Å²) in [4.78, 5) is 35.8. The Morgan fingerprint density at radius 2 is 1.50 bits per heavy atom. The summed E-state index contributed by atoms with van der Waals surface area (Å²) < 4.78 is 5.10. The van der Waals surface area contributed by atoms with Gasteiger partial charge in [-0.05, 0) is 72.9 Å². The van der Waals surface area contributed by atoms with Gasteiger partial charge in [-0.15, -0.1) is 0 Å². The fourth-order valence-electron chi connectivity index (χ4n) is 3.39. The first kappa shape index (κ1) is 21.3. The van der Waals surface area contributed by atoms with E-state index in [1.165, 1.54) is 0 Å². The summed E-state index contributed by atoms with van der Waals surface area (Å²) in [5.74, 6) is -0.873. The molecule has 0 heterocycles. The van der Waals surface area contributed by atoms with Gasteiger partial charge in [-0.3, -0.25) is 9.59 Å². The van der Waals surface area contributed by atoms with Crippen molar-refractivity contribution in [1.82, 2.24) is 5.32 Å². The van der Waals surface area contributed by atoms with E-state index >= 15 is 0 Å². The van der Waals surface area contributed by atoms with Gasteiger partial charge in [0.2, 0.25) is 0 Å². The average molecular weight is 429 g/mol. The lowest BCUT2D eigenvalue weighted by Gasteiger charge is -2.11. The molecule has 1 aliphatic carbocycles. The van der Waals surface area contributed by atoms with Crippen molar-refractivity contribution in [2.24, 2.45) is 0 Å². The third-order valence-electron chi connectivity index (χ3n) is 5.35. The Kier molecular flexibility index (Phi) is 6.03. The maximum atomic E-state index is 12.8. The Morgan fingerprint density at radius 3 is 2.09 bits per heavy atom. The molecule has 1 fully saturated rings. The fraction of sp³-hybridized carbons (Fsp3) is 0.192. The lowest BCUT2D eigenvalue weighted by Crippen LogP contribution is -2.25. The summed E-state index contributed by atoms with van der Waals surface area (Å²) in [6, 6.07) is 19.6. The Balaban J connectivity index is 1.49. The van der Waals surface area contributed by atoms with E-state index in [9.17, 15) is 14.4 Å². The van der Waals surface area contributed by atoms with Gasteiger partial charge in [0.15, 0.2) is 12.4 Å². The number of nitrogens with one attached hydrogen (secondary N) is 1. The van der Waals surface area contributed by atoms with Crippen LogP contribution in [0.25, 0.3) is 11.1 Å². The van der Waals surface area contributed by atoms with Crippen LogP contribution in [0.15, 0.2) is 66.7 Å². The summed E-state index contributed by atoms with van der Waals surface area (Å²) in [6.45, 7) is 1.56. The van der Waals surface area contributed by atoms with Gasteiger partial charge in [-0.1, -0.05) is 30.3 Å². The largest absolute Gasteiger partial charge is 0.482 e. The van der Waals surface area contributed by atoms with Gasteiger partial charge < -0.3 is 15.2 Å². The molecule has 3 aromatic rings. The number of ketones is 1. The minimum absolute atomic E-state index is 0.0590. The molecule has 0 atom stereocenters. The number of carbonyl (C=O) groups is 3. The van der Waals surface area contributed by atoms with Crippen molar-refractivity contribution in [1.29, 1.82) is 0 Å². The molecule has 6 heteroatoms. The lowest BCUT2D eigenvalue weighted by atomic mass is 9.95. The number of aryl methyl sites for hydroxylation is 1. The number of aliphatic carboxylic acids is 1. The molecular formula is C26H23NO5. The molecule has 0 unspecified atom stereocenters. The maximum absolute atomic E-state index is 12.8. The number of carboxylic acids is 1. The van der Waals surface area contributed by atoms with Gasteiger partial charge in [0.1, 0.15) is 5.75 Å². The Labute approximate surface area is 185 Å². The zero-order valence-corrected chi connectivity index (χ0v) is 17.6. The van der Waals surface area contributed by atoms with E-state index < -0.39 is 12.6 Å². The first-order valence-corrected chi connectivity index (χ1v) is 10.4. The van der Waals surface area contributed by atoms with Gasteiger partial charge in [0.25, 0.3) is 5.91 Å². The highest BCUT2D eigenvalue weighted by atomic mass is 16.5. The molecular weight excluding hydrogens is 406 g/mol. The average Bonchev–Trinajstić information content (AvgIpc) is 3.62. The Hall–Kier alpha value is -3.93. The molecule has 1 aliphatic rings. The van der Waals surface area contributed by atoms with E-state index in [4.69, 9.17) is 9.84 Å². The van der Waals surface area contributed by atoms with Crippen LogP contribution in [0.1, 0.15) is 44.7 Å². The number of rotatable bonds is 8. The SMILES string of the molecule is Cc1ccc(C(=O)NC2CC2)cc1-c1ccc(C(=O)c2ccc(OCC(=O)O)cc2)cc1. The van der Waals surface area contributed by atoms with Crippen molar-refractivity contribution in [3.05, 3.63) is 89.0 Å². The van der Waals surface area contributed by atoms with Gasteiger partial charge in [0.05, 0.1) is 0 Å². The number of carbonyl (C=O) groups excluding carboxylic acids is 2. The van der Waals surface area contributed by atoms with Crippen LogP contribution < -0.4 is 10.1 Å². The minimum atomic E-state index is -1.06. The van der Waals surface area contributed by atoms with Gasteiger partial charge >= 0.3 is 5.97 Å². The molecule has 32 heavy (non-hydrogen) atoms. The standard InChI is InChI=1S/C26H23NO5/c1-16-2-3-20(26(31)27-21-10-11-21)14-23(16)17-4-6-18(7-5-17)25(30)19-8-12-22(13-9-19)32-15-24(28)29/h2-9,12-14,21H,10-11,15H2,1H3,(H,27,31)(H,28,29). The molecule has 1 saturated carbocycles. The summed E-state index contributed by atoms with van der Waals surface area (Å²) in [7, 11) is 0. The van der Waals surface area contributed by atoms with Crippen LogP contribution in [-0.4, -0.2) is 35.4 Å². The topological polar surface area (TPSA) is 92.7 Å². The van der Waals surface area contributed by atoms with Crippen molar-refractivity contribution in [3.63, 3.8) is 0 Å². The maximum Gasteiger partial charge on any atom is 0.341 e. The number of carboxylic acid groups (broad SMARTS) is 1. The van der Waals surface area contributed by atoms with Crippen LogP contribution in [0.5, 0.6) is 5.75 Å². The second-order valence-electron chi connectivity index (χ2n) is 7.89. The first-order valence-electron chi connectivity index (χ1n) is 10.4. The van der Waals surface area contributed by atoms with Crippen LogP contribution in [0.3, 0.4) is 0 Å². The van der Waals surface area contributed by atoms with E-state index in [-0.39, 0.29) is 11.7 Å². The molecule has 0 spiro atoms. The molecule has 0 bridgehead atoms. The van der Waals surface area contributed by atoms with Crippen LogP contribution >= 0.6 is 0 Å². The van der Waals surface area contributed by atoms with Crippen molar-refractivity contribution >= 4 is 17.7 Å². The quantitative estimate of drug-likeness (QED) is 0.522. The summed E-state index contributed by atoms with van der Waals surface area (Å²) in [6.07, 6.45) is 2.08. The molecule has 0 aromatic heterocycles. The predicted octanol–water partition coefficient (Wildman–Crippen LogP) is 4.25. The van der Waals surface area contributed by atoms with E-state index in [0.29, 0.717) is 28.5 Å². The molecule has 4 rings (SSSR count). The van der Waals surface area contributed by atoms with E-state index in [0.717, 1.165) is 29.5 Å². The van der Waals surface area contributed by atoms with E-state index in [1.807, 2.05) is 37.3 Å². The molecule has 1 amide bonds. The van der Waals surface area contributed by atoms with Crippen LogP contribution in [0, 0.1) is 6.92 Å². The van der Waals surface area contributed by atoms with Crippen LogP contribution in [0.2, 0.25) is 0 Å². The van der Waals surface area contributed by atoms with Crippen molar-refractivity contribution < 1.29 is 24.2 Å². The second kappa shape index (κ2) is 9.06. The number of amides is 1. The highest BCUT2D eigenvalue weighted by Crippen LogP contribution is 2.27. The van der Waals surface area contributed by atoms with Crippen molar-refractivity contribution in [2.75, 3.05) is 6.61 Å². The molecule has 162 valence electrons.